The minimum Gasteiger partial charge on any atom is -0.432 e. The topological polar surface area (TPSA) is 26.3 Å². The fourth-order valence-corrected chi connectivity index (χ4v) is 0.539. The zero-order valence-corrected chi connectivity index (χ0v) is 7.23. The second kappa shape index (κ2) is 5.98. The third kappa shape index (κ3) is 5.67. The Morgan fingerprint density at radius 3 is 2.45 bits per heavy atom. The SMILES string of the molecule is C=CCl.CC(=O)OC1=CCC1. The maximum absolute atomic E-state index is 10.2. The van der Waals surface area contributed by atoms with E-state index in [-0.39, 0.29) is 5.97 Å². The summed E-state index contributed by atoms with van der Waals surface area (Å²) < 4.78 is 4.71. The summed E-state index contributed by atoms with van der Waals surface area (Å²) >= 11 is 4.76. The van der Waals surface area contributed by atoms with Crippen molar-refractivity contribution in [2.24, 2.45) is 0 Å². The van der Waals surface area contributed by atoms with Gasteiger partial charge in [-0.25, -0.2) is 0 Å². The van der Waals surface area contributed by atoms with Crippen molar-refractivity contribution in [1.29, 1.82) is 0 Å². The maximum Gasteiger partial charge on any atom is 0.307 e. The average Bonchev–Trinajstić information content (AvgIpc) is 1.81. The summed E-state index contributed by atoms with van der Waals surface area (Å²) in [5, 5.41) is 0. The molecule has 1 rings (SSSR count). The van der Waals surface area contributed by atoms with Gasteiger partial charge in [-0.1, -0.05) is 18.2 Å². The maximum atomic E-state index is 10.2. The number of esters is 1. The van der Waals surface area contributed by atoms with Crippen LogP contribution in [0.3, 0.4) is 0 Å². The van der Waals surface area contributed by atoms with E-state index in [1.54, 1.807) is 0 Å². The molecule has 0 aromatic heterocycles. The summed E-state index contributed by atoms with van der Waals surface area (Å²) in [4.78, 5) is 10.2. The van der Waals surface area contributed by atoms with Crippen molar-refractivity contribution in [3.63, 3.8) is 0 Å². The van der Waals surface area contributed by atoms with Gasteiger partial charge >= 0.3 is 5.97 Å². The third-order valence-corrected chi connectivity index (χ3v) is 1.04. The highest BCUT2D eigenvalue weighted by Gasteiger charge is 2.07. The van der Waals surface area contributed by atoms with E-state index in [2.05, 4.69) is 6.58 Å². The molecular weight excluding hydrogens is 164 g/mol. The lowest BCUT2D eigenvalue weighted by Crippen LogP contribution is -2.03. The van der Waals surface area contributed by atoms with Crippen molar-refractivity contribution in [3.8, 4) is 0 Å². The molecule has 0 atom stereocenters. The lowest BCUT2D eigenvalue weighted by atomic mass is 10.1. The van der Waals surface area contributed by atoms with Crippen LogP contribution in [0.15, 0.2) is 23.9 Å². The van der Waals surface area contributed by atoms with Crippen LogP contribution >= 0.6 is 11.6 Å². The van der Waals surface area contributed by atoms with Gasteiger partial charge in [-0.05, 0) is 18.0 Å². The Hall–Kier alpha value is -0.760. The molecule has 3 heteroatoms. The van der Waals surface area contributed by atoms with E-state index in [0.717, 1.165) is 18.6 Å². The van der Waals surface area contributed by atoms with Crippen molar-refractivity contribution < 1.29 is 9.53 Å². The van der Waals surface area contributed by atoms with Gasteiger partial charge in [0.15, 0.2) is 0 Å². The van der Waals surface area contributed by atoms with Gasteiger partial charge in [-0.3, -0.25) is 4.79 Å². The fraction of sp³-hybridized carbons (Fsp3) is 0.375. The van der Waals surface area contributed by atoms with Crippen LogP contribution in [0.4, 0.5) is 0 Å². The van der Waals surface area contributed by atoms with Crippen LogP contribution in [0.1, 0.15) is 19.8 Å². The van der Waals surface area contributed by atoms with Crippen LogP contribution in [0.5, 0.6) is 0 Å². The van der Waals surface area contributed by atoms with Gasteiger partial charge < -0.3 is 4.74 Å². The van der Waals surface area contributed by atoms with Crippen LogP contribution in [-0.2, 0) is 9.53 Å². The van der Waals surface area contributed by atoms with E-state index in [1.165, 1.54) is 12.5 Å². The Bertz CT molecular complexity index is 173. The van der Waals surface area contributed by atoms with Crippen molar-refractivity contribution in [1.82, 2.24) is 0 Å². The Morgan fingerprint density at radius 1 is 1.91 bits per heavy atom. The molecule has 0 amide bonds. The molecule has 0 unspecified atom stereocenters. The molecule has 0 saturated heterocycles. The number of hydrogen-bond donors (Lipinski definition) is 0. The number of ether oxygens (including phenoxy) is 1. The van der Waals surface area contributed by atoms with Gasteiger partial charge in [0.25, 0.3) is 0 Å². The predicted octanol–water partition coefficient (Wildman–Crippen LogP) is 2.60. The van der Waals surface area contributed by atoms with Gasteiger partial charge in [-0.2, -0.15) is 0 Å². The van der Waals surface area contributed by atoms with E-state index in [0.29, 0.717) is 0 Å². The Labute approximate surface area is 71.5 Å². The summed E-state index contributed by atoms with van der Waals surface area (Å²) in [6.45, 7) is 4.54. The first-order chi connectivity index (χ1) is 5.20. The highest BCUT2D eigenvalue weighted by molar-refractivity contribution is 6.25. The molecule has 0 bridgehead atoms. The van der Waals surface area contributed by atoms with Crippen LogP contribution in [0.2, 0.25) is 0 Å². The molecule has 62 valence electrons. The monoisotopic (exact) mass is 174 g/mol. The zero-order chi connectivity index (χ0) is 8.69. The van der Waals surface area contributed by atoms with Crippen LogP contribution in [0, 0.1) is 0 Å². The first-order valence-corrected chi connectivity index (χ1v) is 3.73. The summed E-state index contributed by atoms with van der Waals surface area (Å²) in [6, 6.07) is 0. The summed E-state index contributed by atoms with van der Waals surface area (Å²) in [7, 11) is 0. The number of carbonyl (C=O) groups excluding carboxylic acids is 1. The molecule has 2 nitrogen and oxygen atoms in total. The molecule has 0 spiro atoms. The second-order valence-electron chi connectivity index (χ2n) is 1.96. The quantitative estimate of drug-likeness (QED) is 0.572. The minimum atomic E-state index is -0.212. The number of rotatable bonds is 1. The van der Waals surface area contributed by atoms with Gasteiger partial charge in [0, 0.05) is 13.3 Å². The minimum absolute atomic E-state index is 0.212. The molecule has 0 aromatic rings. The smallest absolute Gasteiger partial charge is 0.307 e. The summed E-state index contributed by atoms with van der Waals surface area (Å²) in [6.07, 6.45) is 3.91. The largest absolute Gasteiger partial charge is 0.432 e. The van der Waals surface area contributed by atoms with E-state index < -0.39 is 0 Å². The lowest BCUT2D eigenvalue weighted by molar-refractivity contribution is -0.137. The highest BCUT2D eigenvalue weighted by Crippen LogP contribution is 2.18. The standard InChI is InChI=1S/C6H8O2.C2H3Cl/c1-5(7)8-6-3-2-4-6;1-2-3/h3H,2,4H2,1H3;2H,1H2. The molecule has 1 aliphatic rings. The molecule has 0 N–H and O–H groups in total. The van der Waals surface area contributed by atoms with E-state index >= 15 is 0 Å². The van der Waals surface area contributed by atoms with E-state index in [1.807, 2.05) is 6.08 Å². The second-order valence-corrected chi connectivity index (χ2v) is 2.27. The highest BCUT2D eigenvalue weighted by atomic mass is 35.5. The molecule has 0 heterocycles. The van der Waals surface area contributed by atoms with E-state index in [4.69, 9.17) is 16.3 Å². The predicted molar refractivity (Wildman–Crippen MR) is 45.1 cm³/mol. The Kier molecular flexibility index (Phi) is 5.57. The fourth-order valence-electron chi connectivity index (χ4n) is 0.539. The molecule has 0 fully saturated rings. The molecule has 0 aromatic carbocycles. The molecule has 0 radical (unpaired) electrons. The van der Waals surface area contributed by atoms with Crippen LogP contribution in [-0.4, -0.2) is 5.97 Å². The van der Waals surface area contributed by atoms with Crippen molar-refractivity contribution >= 4 is 17.6 Å². The zero-order valence-electron chi connectivity index (χ0n) is 6.47. The molecule has 0 aliphatic heterocycles. The van der Waals surface area contributed by atoms with Gasteiger partial charge in [0.05, 0.1) is 0 Å². The molecule has 11 heavy (non-hydrogen) atoms. The normalized spacial score (nSPS) is 13.1. The van der Waals surface area contributed by atoms with E-state index in [9.17, 15) is 4.79 Å². The van der Waals surface area contributed by atoms with Crippen molar-refractivity contribution in [2.75, 3.05) is 0 Å². The number of carbonyl (C=O) groups is 1. The third-order valence-electron chi connectivity index (χ3n) is 1.04. The number of allylic oxidation sites excluding steroid dienone is 2. The summed E-state index contributed by atoms with van der Waals surface area (Å²) in [5.41, 5.74) is 1.22. The van der Waals surface area contributed by atoms with Gasteiger partial charge in [-0.15, -0.1) is 0 Å². The average molecular weight is 175 g/mol. The molecular formula is C8H11ClO2. The molecule has 1 aliphatic carbocycles. The van der Waals surface area contributed by atoms with Gasteiger partial charge in [0.1, 0.15) is 5.76 Å². The molecule has 0 saturated carbocycles. The Balaban J connectivity index is 0.000000292. The lowest BCUT2D eigenvalue weighted by Gasteiger charge is -2.11. The first kappa shape index (κ1) is 10.2. The number of halogens is 1. The van der Waals surface area contributed by atoms with Crippen molar-refractivity contribution in [3.05, 3.63) is 23.9 Å². The van der Waals surface area contributed by atoms with Crippen LogP contribution < -0.4 is 0 Å². The van der Waals surface area contributed by atoms with Gasteiger partial charge in [0.2, 0.25) is 0 Å². The van der Waals surface area contributed by atoms with Crippen molar-refractivity contribution in [2.45, 2.75) is 19.8 Å². The Morgan fingerprint density at radius 2 is 2.36 bits per heavy atom. The summed E-state index contributed by atoms with van der Waals surface area (Å²) in [5.74, 6) is 0.619. The van der Waals surface area contributed by atoms with Crippen LogP contribution in [0.25, 0.3) is 0 Å². The number of hydrogen-bond acceptors (Lipinski definition) is 2. The first-order valence-electron chi connectivity index (χ1n) is 3.29.